The minimum atomic E-state index is -0.460. The molecule has 1 aromatic carbocycles. The second-order valence-electron chi connectivity index (χ2n) is 5.29. The molecule has 1 aliphatic rings. The van der Waals surface area contributed by atoms with Crippen molar-refractivity contribution in [1.82, 2.24) is 5.32 Å². The zero-order valence-corrected chi connectivity index (χ0v) is 12.1. The van der Waals surface area contributed by atoms with Crippen molar-refractivity contribution >= 4 is 17.3 Å². The fourth-order valence-corrected chi connectivity index (χ4v) is 2.19. The van der Waals surface area contributed by atoms with Crippen molar-refractivity contribution in [2.24, 2.45) is 0 Å². The number of nitro benzene ring substituents is 1. The predicted molar refractivity (Wildman–Crippen MR) is 78.5 cm³/mol. The Hall–Kier alpha value is -2.31. The van der Waals surface area contributed by atoms with Gasteiger partial charge in [0, 0.05) is 36.8 Å². The van der Waals surface area contributed by atoms with E-state index in [-0.39, 0.29) is 29.5 Å². The Balaban J connectivity index is 2.06. The van der Waals surface area contributed by atoms with Crippen LogP contribution in [0.1, 0.15) is 26.7 Å². The minimum Gasteiger partial charge on any atom is -0.484 e. The number of nitrogens with zero attached hydrogens (tertiary/aromatic N) is 1. The summed E-state index contributed by atoms with van der Waals surface area (Å²) in [6.45, 7) is 4.22. The van der Waals surface area contributed by atoms with Crippen molar-refractivity contribution in [2.75, 3.05) is 11.9 Å². The fourth-order valence-electron chi connectivity index (χ4n) is 2.19. The summed E-state index contributed by atoms with van der Waals surface area (Å²) in [4.78, 5) is 21.6. The summed E-state index contributed by atoms with van der Waals surface area (Å²) >= 11 is 0. The van der Waals surface area contributed by atoms with E-state index in [2.05, 4.69) is 10.6 Å². The number of ether oxygens (including phenoxy) is 1. The van der Waals surface area contributed by atoms with Gasteiger partial charge in [0.1, 0.15) is 0 Å². The lowest BCUT2D eigenvalue weighted by molar-refractivity contribution is -0.386. The van der Waals surface area contributed by atoms with Crippen LogP contribution in [0.4, 0.5) is 11.4 Å². The van der Waals surface area contributed by atoms with Crippen molar-refractivity contribution in [2.45, 2.75) is 38.8 Å². The Morgan fingerprint density at radius 1 is 1.52 bits per heavy atom. The summed E-state index contributed by atoms with van der Waals surface area (Å²) < 4.78 is 5.48. The third kappa shape index (κ3) is 4.08. The van der Waals surface area contributed by atoms with E-state index in [4.69, 9.17) is 4.74 Å². The Labute approximate surface area is 122 Å². The molecular weight excluding hydrogens is 274 g/mol. The minimum absolute atomic E-state index is 0.0524. The lowest BCUT2D eigenvalue weighted by atomic mass is 10.2. The molecule has 1 fully saturated rings. The first-order valence-corrected chi connectivity index (χ1v) is 6.94. The van der Waals surface area contributed by atoms with Gasteiger partial charge < -0.3 is 15.4 Å². The van der Waals surface area contributed by atoms with Gasteiger partial charge in [0.25, 0.3) is 0 Å². The highest BCUT2D eigenvalue weighted by Crippen LogP contribution is 2.31. The molecule has 1 aliphatic heterocycles. The zero-order valence-electron chi connectivity index (χ0n) is 12.1. The molecule has 2 rings (SSSR count). The molecule has 1 aromatic rings. The molecule has 0 aromatic heterocycles. The van der Waals surface area contributed by atoms with E-state index in [1.165, 1.54) is 6.07 Å². The molecule has 0 spiro atoms. The molecule has 1 amide bonds. The van der Waals surface area contributed by atoms with E-state index >= 15 is 0 Å². The average Bonchev–Trinajstić information content (AvgIpc) is 2.81. The molecule has 1 heterocycles. The number of benzene rings is 1. The van der Waals surface area contributed by atoms with Gasteiger partial charge in [0.15, 0.2) is 5.75 Å². The Bertz CT molecular complexity index is 545. The van der Waals surface area contributed by atoms with Gasteiger partial charge in [-0.15, -0.1) is 0 Å². The van der Waals surface area contributed by atoms with Crippen LogP contribution in [-0.2, 0) is 4.79 Å². The third-order valence-corrected chi connectivity index (χ3v) is 3.16. The molecule has 1 unspecified atom stereocenters. The number of carbonyl (C=O) groups is 1. The van der Waals surface area contributed by atoms with Crippen molar-refractivity contribution in [3.8, 4) is 5.75 Å². The van der Waals surface area contributed by atoms with Crippen LogP contribution in [0.3, 0.4) is 0 Å². The van der Waals surface area contributed by atoms with Crippen LogP contribution in [-0.4, -0.2) is 29.5 Å². The number of nitrogens with one attached hydrogen (secondary N) is 2. The standard InChI is InChI=1S/C14H19N3O4/c1-9(2)21-13-7-10(3-5-12(13)17(19)20)15-8-11-4-6-14(18)16-11/h3,5,7,9,11,15H,4,6,8H2,1-2H3,(H,16,18). The number of rotatable bonds is 6. The summed E-state index contributed by atoms with van der Waals surface area (Å²) in [7, 11) is 0. The molecular formula is C14H19N3O4. The molecule has 0 aliphatic carbocycles. The normalized spacial score (nSPS) is 17.7. The molecule has 7 heteroatoms. The maximum absolute atomic E-state index is 11.1. The van der Waals surface area contributed by atoms with Crippen LogP contribution in [0.2, 0.25) is 0 Å². The van der Waals surface area contributed by atoms with Crippen molar-refractivity contribution < 1.29 is 14.5 Å². The van der Waals surface area contributed by atoms with Gasteiger partial charge in [-0.2, -0.15) is 0 Å². The van der Waals surface area contributed by atoms with E-state index in [9.17, 15) is 14.9 Å². The second kappa shape index (κ2) is 6.43. The molecule has 0 bridgehead atoms. The molecule has 0 radical (unpaired) electrons. The van der Waals surface area contributed by atoms with Gasteiger partial charge in [-0.3, -0.25) is 14.9 Å². The van der Waals surface area contributed by atoms with Crippen LogP contribution in [0, 0.1) is 10.1 Å². The van der Waals surface area contributed by atoms with Gasteiger partial charge in [-0.05, 0) is 26.3 Å². The quantitative estimate of drug-likeness (QED) is 0.618. The van der Waals surface area contributed by atoms with E-state index in [1.807, 2.05) is 13.8 Å². The van der Waals surface area contributed by atoms with Crippen LogP contribution in [0.15, 0.2) is 18.2 Å². The summed E-state index contributed by atoms with van der Waals surface area (Å²) in [6, 6.07) is 4.78. The summed E-state index contributed by atoms with van der Waals surface area (Å²) in [6.07, 6.45) is 1.20. The summed E-state index contributed by atoms with van der Waals surface area (Å²) in [5.74, 6) is 0.310. The molecule has 21 heavy (non-hydrogen) atoms. The monoisotopic (exact) mass is 293 g/mol. The van der Waals surface area contributed by atoms with Gasteiger partial charge in [-0.1, -0.05) is 0 Å². The molecule has 1 saturated heterocycles. The number of nitro groups is 1. The Kier molecular flexibility index (Phi) is 4.62. The predicted octanol–water partition coefficient (Wildman–Crippen LogP) is 2.07. The van der Waals surface area contributed by atoms with Crippen LogP contribution in [0.25, 0.3) is 0 Å². The smallest absolute Gasteiger partial charge is 0.311 e. The lowest BCUT2D eigenvalue weighted by Crippen LogP contribution is -2.31. The Morgan fingerprint density at radius 2 is 2.29 bits per heavy atom. The SMILES string of the molecule is CC(C)Oc1cc(NCC2CCC(=O)N2)ccc1[N+](=O)[O-]. The maximum atomic E-state index is 11.1. The highest BCUT2D eigenvalue weighted by atomic mass is 16.6. The van der Waals surface area contributed by atoms with E-state index in [0.29, 0.717) is 13.0 Å². The lowest BCUT2D eigenvalue weighted by Gasteiger charge is -2.14. The van der Waals surface area contributed by atoms with E-state index in [1.54, 1.807) is 12.1 Å². The number of hydrogen-bond acceptors (Lipinski definition) is 5. The van der Waals surface area contributed by atoms with Gasteiger partial charge >= 0.3 is 5.69 Å². The van der Waals surface area contributed by atoms with Gasteiger partial charge in [0.2, 0.25) is 5.91 Å². The largest absolute Gasteiger partial charge is 0.484 e. The van der Waals surface area contributed by atoms with Crippen LogP contribution in [0.5, 0.6) is 5.75 Å². The highest BCUT2D eigenvalue weighted by molar-refractivity contribution is 5.78. The first kappa shape index (κ1) is 15.1. The number of hydrogen-bond donors (Lipinski definition) is 2. The molecule has 2 N–H and O–H groups in total. The first-order chi connectivity index (χ1) is 9.95. The number of carbonyl (C=O) groups excluding carboxylic acids is 1. The molecule has 1 atom stereocenters. The van der Waals surface area contributed by atoms with E-state index < -0.39 is 4.92 Å². The second-order valence-corrected chi connectivity index (χ2v) is 5.29. The third-order valence-electron chi connectivity index (χ3n) is 3.16. The van der Waals surface area contributed by atoms with Crippen molar-refractivity contribution in [3.05, 3.63) is 28.3 Å². The first-order valence-electron chi connectivity index (χ1n) is 6.94. The van der Waals surface area contributed by atoms with Crippen molar-refractivity contribution in [1.29, 1.82) is 0 Å². The molecule has 7 nitrogen and oxygen atoms in total. The summed E-state index contributed by atoms with van der Waals surface area (Å²) in [5, 5.41) is 17.0. The van der Waals surface area contributed by atoms with Crippen LogP contribution < -0.4 is 15.4 Å². The maximum Gasteiger partial charge on any atom is 0.311 e. The number of anilines is 1. The van der Waals surface area contributed by atoms with Gasteiger partial charge in [-0.25, -0.2) is 0 Å². The molecule has 0 saturated carbocycles. The zero-order chi connectivity index (χ0) is 15.4. The average molecular weight is 293 g/mol. The van der Waals surface area contributed by atoms with E-state index in [0.717, 1.165) is 12.1 Å². The fraction of sp³-hybridized carbons (Fsp3) is 0.500. The topological polar surface area (TPSA) is 93.5 Å². The van der Waals surface area contributed by atoms with Gasteiger partial charge in [0.05, 0.1) is 11.0 Å². The van der Waals surface area contributed by atoms with Crippen molar-refractivity contribution in [3.63, 3.8) is 0 Å². The summed E-state index contributed by atoms with van der Waals surface area (Å²) in [5.41, 5.74) is 0.681. The van der Waals surface area contributed by atoms with Crippen LogP contribution >= 0.6 is 0 Å². The molecule has 114 valence electrons. The number of amides is 1. The highest BCUT2D eigenvalue weighted by Gasteiger charge is 2.21. The Morgan fingerprint density at radius 3 is 2.86 bits per heavy atom.